The third kappa shape index (κ3) is 4.16. The van der Waals surface area contributed by atoms with Gasteiger partial charge in [0.1, 0.15) is 6.10 Å². The molecule has 3 rings (SSSR count). The summed E-state index contributed by atoms with van der Waals surface area (Å²) in [4.78, 5) is 25.0. The van der Waals surface area contributed by atoms with E-state index in [-0.39, 0.29) is 12.0 Å². The fourth-order valence-corrected chi connectivity index (χ4v) is 2.57. The van der Waals surface area contributed by atoms with Crippen LogP contribution in [0.1, 0.15) is 39.3 Å². The Balaban J connectivity index is 1.76. The first-order chi connectivity index (χ1) is 12.6. The number of rotatable bonds is 5. The van der Waals surface area contributed by atoms with Gasteiger partial charge in [-0.05, 0) is 36.8 Å². The van der Waals surface area contributed by atoms with Crippen LogP contribution in [0.3, 0.4) is 0 Å². The second-order valence-corrected chi connectivity index (χ2v) is 5.82. The summed E-state index contributed by atoms with van der Waals surface area (Å²) in [5, 5.41) is 2.78. The Labute approximate surface area is 152 Å². The third-order valence-electron chi connectivity index (χ3n) is 3.98. The van der Waals surface area contributed by atoms with E-state index < -0.39 is 5.97 Å². The second kappa shape index (κ2) is 8.12. The molecule has 0 bridgehead atoms. The lowest BCUT2D eigenvalue weighted by Gasteiger charge is -2.15. The van der Waals surface area contributed by atoms with E-state index in [0.29, 0.717) is 16.8 Å². The smallest absolute Gasteiger partial charge is 0.340 e. The summed E-state index contributed by atoms with van der Waals surface area (Å²) in [6, 6.07) is 25.2. The summed E-state index contributed by atoms with van der Waals surface area (Å²) < 4.78 is 5.56. The number of ether oxygens (including phenoxy) is 1. The number of benzene rings is 3. The molecule has 3 aromatic rings. The van der Waals surface area contributed by atoms with Gasteiger partial charge in [0.15, 0.2) is 0 Å². The summed E-state index contributed by atoms with van der Waals surface area (Å²) in [7, 11) is 0. The molecule has 1 N–H and O–H groups in total. The quantitative estimate of drug-likeness (QED) is 0.672. The average Bonchev–Trinajstić information content (AvgIpc) is 2.69. The minimum Gasteiger partial charge on any atom is -0.454 e. The zero-order chi connectivity index (χ0) is 18.4. The van der Waals surface area contributed by atoms with Crippen LogP contribution in [0.15, 0.2) is 84.9 Å². The van der Waals surface area contributed by atoms with E-state index in [1.807, 2.05) is 43.3 Å². The van der Waals surface area contributed by atoms with Crippen molar-refractivity contribution in [3.8, 4) is 0 Å². The highest BCUT2D eigenvalue weighted by molar-refractivity contribution is 6.08. The minimum absolute atomic E-state index is 0.276. The van der Waals surface area contributed by atoms with Crippen LogP contribution >= 0.6 is 0 Å². The van der Waals surface area contributed by atoms with Crippen molar-refractivity contribution in [2.75, 3.05) is 5.32 Å². The molecule has 26 heavy (non-hydrogen) atoms. The van der Waals surface area contributed by atoms with Gasteiger partial charge < -0.3 is 10.1 Å². The van der Waals surface area contributed by atoms with Crippen LogP contribution in [0.5, 0.6) is 0 Å². The van der Waals surface area contributed by atoms with Gasteiger partial charge in [0.2, 0.25) is 0 Å². The molecule has 0 aliphatic heterocycles. The van der Waals surface area contributed by atoms with Crippen LogP contribution in [0.25, 0.3) is 0 Å². The predicted molar refractivity (Wildman–Crippen MR) is 101 cm³/mol. The lowest BCUT2D eigenvalue weighted by Crippen LogP contribution is -2.16. The van der Waals surface area contributed by atoms with Gasteiger partial charge in [-0.2, -0.15) is 0 Å². The Morgan fingerprint density at radius 3 is 2.08 bits per heavy atom. The Kier molecular flexibility index (Phi) is 5.44. The lowest BCUT2D eigenvalue weighted by molar-refractivity contribution is 0.0339. The molecule has 4 nitrogen and oxygen atoms in total. The summed E-state index contributed by atoms with van der Waals surface area (Å²) in [5.41, 5.74) is 2.17. The van der Waals surface area contributed by atoms with E-state index in [1.165, 1.54) is 0 Å². The fourth-order valence-electron chi connectivity index (χ4n) is 2.57. The molecule has 1 atom stereocenters. The Bertz CT molecular complexity index is 892. The van der Waals surface area contributed by atoms with Gasteiger partial charge >= 0.3 is 5.97 Å². The SMILES string of the molecule is C[C@H](OC(=O)c1ccccc1NC(=O)c1ccccc1)c1ccccc1. The van der Waals surface area contributed by atoms with Gasteiger partial charge in [-0.1, -0.05) is 60.7 Å². The molecule has 0 saturated carbocycles. The van der Waals surface area contributed by atoms with Crippen LogP contribution in [-0.2, 0) is 4.74 Å². The molecule has 1 amide bonds. The standard InChI is InChI=1S/C22H19NO3/c1-16(17-10-4-2-5-11-17)26-22(25)19-14-8-9-15-20(19)23-21(24)18-12-6-3-7-13-18/h2-16H,1H3,(H,23,24)/t16-/m0/s1. The lowest BCUT2D eigenvalue weighted by atomic mass is 10.1. The first kappa shape index (κ1) is 17.4. The highest BCUT2D eigenvalue weighted by Crippen LogP contribution is 2.22. The van der Waals surface area contributed by atoms with Gasteiger partial charge in [0.05, 0.1) is 11.3 Å². The summed E-state index contributed by atoms with van der Waals surface area (Å²) in [6.45, 7) is 1.82. The monoisotopic (exact) mass is 345 g/mol. The van der Waals surface area contributed by atoms with E-state index in [2.05, 4.69) is 5.32 Å². The molecule has 130 valence electrons. The van der Waals surface area contributed by atoms with Gasteiger partial charge in [-0.25, -0.2) is 4.79 Å². The van der Waals surface area contributed by atoms with Gasteiger partial charge in [0, 0.05) is 5.56 Å². The second-order valence-electron chi connectivity index (χ2n) is 5.82. The van der Waals surface area contributed by atoms with Crippen molar-refractivity contribution in [3.05, 3.63) is 102 Å². The molecular formula is C22H19NO3. The molecule has 4 heteroatoms. The van der Waals surface area contributed by atoms with E-state index in [4.69, 9.17) is 4.74 Å². The molecule has 3 aromatic carbocycles. The molecule has 0 aliphatic carbocycles. The molecule has 0 aliphatic rings. The number of carbonyl (C=O) groups is 2. The van der Waals surface area contributed by atoms with Gasteiger partial charge in [-0.3, -0.25) is 4.79 Å². The molecule has 0 aromatic heterocycles. The van der Waals surface area contributed by atoms with Crippen LogP contribution in [0.4, 0.5) is 5.69 Å². The molecule has 0 saturated heterocycles. The number of anilines is 1. The third-order valence-corrected chi connectivity index (χ3v) is 3.98. The molecule has 0 spiro atoms. The predicted octanol–water partition coefficient (Wildman–Crippen LogP) is 4.86. The maximum Gasteiger partial charge on any atom is 0.340 e. The van der Waals surface area contributed by atoms with Crippen LogP contribution in [-0.4, -0.2) is 11.9 Å². The maximum atomic E-state index is 12.6. The maximum absolute atomic E-state index is 12.6. The first-order valence-electron chi connectivity index (χ1n) is 8.36. The van der Waals surface area contributed by atoms with Crippen molar-refractivity contribution in [1.82, 2.24) is 0 Å². The van der Waals surface area contributed by atoms with E-state index in [1.54, 1.807) is 48.5 Å². The van der Waals surface area contributed by atoms with Crippen molar-refractivity contribution in [2.24, 2.45) is 0 Å². The number of carbonyl (C=O) groups excluding carboxylic acids is 2. The molecule has 0 fully saturated rings. The fraction of sp³-hybridized carbons (Fsp3) is 0.0909. The molecule has 0 radical (unpaired) electrons. The van der Waals surface area contributed by atoms with Crippen molar-refractivity contribution in [3.63, 3.8) is 0 Å². The van der Waals surface area contributed by atoms with E-state index in [0.717, 1.165) is 5.56 Å². The minimum atomic E-state index is -0.481. The van der Waals surface area contributed by atoms with Crippen molar-refractivity contribution < 1.29 is 14.3 Å². The highest BCUT2D eigenvalue weighted by Gasteiger charge is 2.18. The number of hydrogen-bond donors (Lipinski definition) is 1. The molecule has 0 unspecified atom stereocenters. The number of amides is 1. The number of nitrogens with one attached hydrogen (secondary N) is 1. The van der Waals surface area contributed by atoms with Crippen LogP contribution in [0.2, 0.25) is 0 Å². The zero-order valence-corrected chi connectivity index (χ0v) is 14.4. The van der Waals surface area contributed by atoms with Crippen LogP contribution in [0, 0.1) is 0 Å². The Morgan fingerprint density at radius 1 is 0.808 bits per heavy atom. The van der Waals surface area contributed by atoms with Gasteiger partial charge in [0.25, 0.3) is 5.91 Å². The van der Waals surface area contributed by atoms with Crippen molar-refractivity contribution in [2.45, 2.75) is 13.0 Å². The number of esters is 1. The molecule has 0 heterocycles. The average molecular weight is 345 g/mol. The summed E-state index contributed by atoms with van der Waals surface area (Å²) >= 11 is 0. The normalized spacial score (nSPS) is 11.4. The van der Waals surface area contributed by atoms with Crippen molar-refractivity contribution in [1.29, 1.82) is 0 Å². The zero-order valence-electron chi connectivity index (χ0n) is 14.4. The van der Waals surface area contributed by atoms with Crippen molar-refractivity contribution >= 4 is 17.6 Å². The van der Waals surface area contributed by atoms with Crippen LogP contribution < -0.4 is 5.32 Å². The first-order valence-corrected chi connectivity index (χ1v) is 8.36. The number of para-hydroxylation sites is 1. The van der Waals surface area contributed by atoms with E-state index in [9.17, 15) is 9.59 Å². The largest absolute Gasteiger partial charge is 0.454 e. The summed E-state index contributed by atoms with van der Waals surface area (Å²) in [5.74, 6) is -0.757. The van der Waals surface area contributed by atoms with Gasteiger partial charge in [-0.15, -0.1) is 0 Å². The Hall–Kier alpha value is -3.40. The topological polar surface area (TPSA) is 55.4 Å². The number of hydrogen-bond acceptors (Lipinski definition) is 3. The Morgan fingerprint density at radius 2 is 1.38 bits per heavy atom. The summed E-state index contributed by atoms with van der Waals surface area (Å²) in [6.07, 6.45) is -0.387. The highest BCUT2D eigenvalue weighted by atomic mass is 16.5. The van der Waals surface area contributed by atoms with E-state index >= 15 is 0 Å². The molecular weight excluding hydrogens is 326 g/mol.